The third-order valence-electron chi connectivity index (χ3n) is 1.95. The van der Waals surface area contributed by atoms with Crippen molar-refractivity contribution < 1.29 is 0 Å². The van der Waals surface area contributed by atoms with Gasteiger partial charge in [-0.3, -0.25) is 11.3 Å². The second-order valence-corrected chi connectivity index (χ2v) is 5.85. The smallest absolute Gasteiger partial charge is 0.153 e. The van der Waals surface area contributed by atoms with Crippen molar-refractivity contribution in [2.24, 2.45) is 12.9 Å². The summed E-state index contributed by atoms with van der Waals surface area (Å²) < 4.78 is 2.48. The van der Waals surface area contributed by atoms with Crippen LogP contribution >= 0.6 is 27.7 Å². The van der Waals surface area contributed by atoms with Gasteiger partial charge in [-0.2, -0.15) is 11.8 Å². The van der Waals surface area contributed by atoms with Crippen LogP contribution in [0.4, 0.5) is 0 Å². The maximum Gasteiger partial charge on any atom is 0.153 e. The van der Waals surface area contributed by atoms with Gasteiger partial charge in [0.2, 0.25) is 0 Å². The fourth-order valence-electron chi connectivity index (χ4n) is 1.20. The molecule has 0 spiro atoms. The van der Waals surface area contributed by atoms with Gasteiger partial charge < -0.3 is 0 Å². The third kappa shape index (κ3) is 3.44. The molecule has 0 aromatic carbocycles. The molecule has 0 aliphatic carbocycles. The van der Waals surface area contributed by atoms with E-state index in [-0.39, 0.29) is 6.04 Å². The summed E-state index contributed by atoms with van der Waals surface area (Å²) in [6, 6.07) is 0.0618. The molecule has 0 saturated heterocycles. The van der Waals surface area contributed by atoms with Gasteiger partial charge in [0.15, 0.2) is 4.60 Å². The van der Waals surface area contributed by atoms with Crippen molar-refractivity contribution in [3.8, 4) is 0 Å². The summed E-state index contributed by atoms with van der Waals surface area (Å²) in [4.78, 5) is 0. The number of nitrogens with two attached hydrogens (primary N) is 1. The van der Waals surface area contributed by atoms with Crippen LogP contribution in [0.5, 0.6) is 0 Å². The zero-order chi connectivity index (χ0) is 11.4. The molecule has 5 nitrogen and oxygen atoms in total. The first kappa shape index (κ1) is 13.0. The van der Waals surface area contributed by atoms with Crippen LogP contribution in [-0.4, -0.2) is 26.0 Å². The van der Waals surface area contributed by atoms with Crippen molar-refractivity contribution in [3.63, 3.8) is 0 Å². The Kier molecular flexibility index (Phi) is 5.04. The number of nitrogens with one attached hydrogen (secondary N) is 1. The van der Waals surface area contributed by atoms with Crippen LogP contribution in [0.1, 0.15) is 25.6 Å². The Morgan fingerprint density at radius 3 is 2.67 bits per heavy atom. The first-order chi connectivity index (χ1) is 7.06. The highest BCUT2D eigenvalue weighted by Gasteiger charge is 2.19. The van der Waals surface area contributed by atoms with Gasteiger partial charge in [0.25, 0.3) is 0 Å². The van der Waals surface area contributed by atoms with Gasteiger partial charge in [-0.15, -0.1) is 5.10 Å². The lowest BCUT2D eigenvalue weighted by molar-refractivity contribution is 0.549. The molecule has 1 atom stereocenters. The fourth-order valence-corrected chi connectivity index (χ4v) is 2.64. The maximum absolute atomic E-state index is 5.53. The van der Waals surface area contributed by atoms with Crippen molar-refractivity contribution in [1.82, 2.24) is 20.4 Å². The van der Waals surface area contributed by atoms with Crippen molar-refractivity contribution >= 4 is 27.7 Å². The van der Waals surface area contributed by atoms with Crippen molar-refractivity contribution in [2.75, 3.05) is 5.75 Å². The largest absolute Gasteiger partial charge is 0.271 e. The van der Waals surface area contributed by atoms with Gasteiger partial charge >= 0.3 is 0 Å². The monoisotopic (exact) mass is 293 g/mol. The lowest BCUT2D eigenvalue weighted by Gasteiger charge is -2.16. The molecule has 0 radical (unpaired) electrons. The number of hydrogen-bond acceptors (Lipinski definition) is 5. The summed E-state index contributed by atoms with van der Waals surface area (Å²) in [5.74, 6) is 6.43. The molecule has 1 aromatic heterocycles. The van der Waals surface area contributed by atoms with E-state index < -0.39 is 0 Å². The van der Waals surface area contributed by atoms with E-state index in [4.69, 9.17) is 5.84 Å². The zero-order valence-corrected chi connectivity index (χ0v) is 11.5. The molecule has 1 unspecified atom stereocenters. The molecule has 86 valence electrons. The molecule has 15 heavy (non-hydrogen) atoms. The molecule has 0 bridgehead atoms. The first-order valence-electron chi connectivity index (χ1n) is 4.69. The van der Waals surface area contributed by atoms with Crippen molar-refractivity contribution in [3.05, 3.63) is 10.3 Å². The Balaban J connectivity index is 2.74. The fraction of sp³-hybridized carbons (Fsp3) is 0.750. The molecule has 1 aromatic rings. The number of aromatic nitrogens is 3. The van der Waals surface area contributed by atoms with Crippen molar-refractivity contribution in [1.29, 1.82) is 0 Å². The number of thioether (sulfide) groups is 1. The molecule has 0 saturated carbocycles. The van der Waals surface area contributed by atoms with Crippen LogP contribution in [0.3, 0.4) is 0 Å². The zero-order valence-electron chi connectivity index (χ0n) is 9.07. The van der Waals surface area contributed by atoms with Crippen LogP contribution in [0.2, 0.25) is 0 Å². The van der Waals surface area contributed by atoms with Gasteiger partial charge in [-0.25, -0.2) is 4.68 Å². The molecule has 0 aliphatic heterocycles. The Bertz CT molecular complexity index is 294. The summed E-state index contributed by atoms with van der Waals surface area (Å²) in [5.41, 5.74) is 3.77. The molecule has 0 aliphatic rings. The van der Waals surface area contributed by atoms with Crippen LogP contribution in [0.25, 0.3) is 0 Å². The van der Waals surface area contributed by atoms with Gasteiger partial charge in [0.05, 0.1) is 11.7 Å². The van der Waals surface area contributed by atoms with E-state index in [1.165, 1.54) is 0 Å². The van der Waals surface area contributed by atoms with E-state index in [2.05, 4.69) is 45.5 Å². The molecule has 3 N–H and O–H groups in total. The van der Waals surface area contributed by atoms with Crippen LogP contribution in [0, 0.1) is 0 Å². The third-order valence-corrected chi connectivity index (χ3v) is 3.71. The van der Waals surface area contributed by atoms with E-state index in [1.54, 1.807) is 4.68 Å². The Labute approximate surface area is 102 Å². The normalized spacial score (nSPS) is 13.5. The van der Waals surface area contributed by atoms with E-state index >= 15 is 0 Å². The van der Waals surface area contributed by atoms with E-state index in [9.17, 15) is 0 Å². The highest BCUT2D eigenvalue weighted by Crippen LogP contribution is 2.24. The van der Waals surface area contributed by atoms with Gasteiger partial charge in [-0.1, -0.05) is 19.1 Å². The number of hydrazine groups is 1. The van der Waals surface area contributed by atoms with Gasteiger partial charge in [0.1, 0.15) is 0 Å². The predicted molar refractivity (Wildman–Crippen MR) is 66.4 cm³/mol. The van der Waals surface area contributed by atoms with Crippen molar-refractivity contribution in [2.45, 2.75) is 25.1 Å². The highest BCUT2D eigenvalue weighted by molar-refractivity contribution is 9.10. The van der Waals surface area contributed by atoms with Crippen LogP contribution in [-0.2, 0) is 7.05 Å². The molecule has 7 heteroatoms. The molecule has 0 amide bonds. The Morgan fingerprint density at radius 2 is 2.27 bits per heavy atom. The van der Waals surface area contributed by atoms with Gasteiger partial charge in [0, 0.05) is 12.8 Å². The van der Waals surface area contributed by atoms with Crippen LogP contribution < -0.4 is 11.3 Å². The summed E-state index contributed by atoms with van der Waals surface area (Å²) >= 11 is 5.21. The molecular formula is C8H16BrN5S. The topological polar surface area (TPSA) is 68.8 Å². The van der Waals surface area contributed by atoms with E-state index in [0.29, 0.717) is 5.25 Å². The van der Waals surface area contributed by atoms with Crippen LogP contribution in [0.15, 0.2) is 4.60 Å². The number of nitrogens with zero attached hydrogens (tertiary/aromatic N) is 3. The van der Waals surface area contributed by atoms with E-state index in [1.807, 2.05) is 18.8 Å². The second-order valence-electron chi connectivity index (χ2n) is 3.49. The standard InChI is InChI=1S/C8H16BrN5S/c1-5(2)15-4-6(11-10)7-8(9)12-13-14(7)3/h5-6,11H,4,10H2,1-3H3. The summed E-state index contributed by atoms with van der Waals surface area (Å²) in [7, 11) is 1.86. The molecular weight excluding hydrogens is 278 g/mol. The average molecular weight is 294 g/mol. The number of aryl methyl sites for hydroxylation is 1. The maximum atomic E-state index is 5.53. The second kappa shape index (κ2) is 5.83. The Morgan fingerprint density at radius 1 is 1.60 bits per heavy atom. The van der Waals surface area contributed by atoms with Gasteiger partial charge in [-0.05, 0) is 21.2 Å². The first-order valence-corrected chi connectivity index (χ1v) is 6.53. The minimum absolute atomic E-state index is 0.0618. The minimum atomic E-state index is 0.0618. The average Bonchev–Trinajstić information content (AvgIpc) is 2.49. The number of hydrogen-bond donors (Lipinski definition) is 2. The predicted octanol–water partition coefficient (Wildman–Crippen LogP) is 1.22. The number of rotatable bonds is 5. The lowest BCUT2D eigenvalue weighted by Crippen LogP contribution is -2.31. The molecule has 1 heterocycles. The summed E-state index contributed by atoms with van der Waals surface area (Å²) in [6.45, 7) is 4.32. The number of halogens is 1. The quantitative estimate of drug-likeness (QED) is 0.631. The van der Waals surface area contributed by atoms with E-state index in [0.717, 1.165) is 16.0 Å². The minimum Gasteiger partial charge on any atom is -0.271 e. The molecule has 0 fully saturated rings. The lowest BCUT2D eigenvalue weighted by atomic mass is 10.3. The highest BCUT2D eigenvalue weighted by atomic mass is 79.9. The summed E-state index contributed by atoms with van der Waals surface area (Å²) in [6.07, 6.45) is 0. The Hall–Kier alpha value is -0.110. The summed E-state index contributed by atoms with van der Waals surface area (Å²) in [5, 5.41) is 8.45. The molecule has 1 rings (SSSR count). The SMILES string of the molecule is CC(C)SCC(NN)c1c(Br)nnn1C.